The highest BCUT2D eigenvalue weighted by Crippen LogP contribution is 2.38. The molecule has 188 valence electrons. The van der Waals surface area contributed by atoms with Gasteiger partial charge in [-0.3, -0.25) is 9.78 Å². The number of carboxylic acids is 1. The Morgan fingerprint density at radius 3 is 2.69 bits per heavy atom. The molecule has 0 bridgehead atoms. The van der Waals surface area contributed by atoms with E-state index >= 15 is 0 Å². The third-order valence-electron chi connectivity index (χ3n) is 5.80. The molecule has 1 aromatic heterocycles. The quantitative estimate of drug-likeness (QED) is 0.444. The average molecular weight is 495 g/mol. The van der Waals surface area contributed by atoms with Crippen LogP contribution in [0.2, 0.25) is 0 Å². The van der Waals surface area contributed by atoms with Gasteiger partial charge in [0, 0.05) is 17.8 Å². The summed E-state index contributed by atoms with van der Waals surface area (Å²) in [7, 11) is 0. The van der Waals surface area contributed by atoms with Gasteiger partial charge in [0.2, 0.25) is 0 Å². The summed E-state index contributed by atoms with van der Waals surface area (Å²) in [5, 5.41) is 10.7. The predicted octanol–water partition coefficient (Wildman–Crippen LogP) is 4.85. The number of carbonyl (C=O) groups excluding carboxylic acids is 1. The fourth-order valence-corrected chi connectivity index (χ4v) is 4.24. The van der Waals surface area contributed by atoms with Crippen molar-refractivity contribution < 1.29 is 33.4 Å². The molecule has 0 unspecified atom stereocenters. The average Bonchev–Trinajstić information content (AvgIpc) is 2.84. The van der Waals surface area contributed by atoms with E-state index in [4.69, 9.17) is 14.3 Å². The van der Waals surface area contributed by atoms with Crippen LogP contribution in [0.3, 0.4) is 0 Å². The zero-order chi connectivity index (χ0) is 25.7. The van der Waals surface area contributed by atoms with Gasteiger partial charge < -0.3 is 19.4 Å². The van der Waals surface area contributed by atoms with E-state index in [0.29, 0.717) is 58.8 Å². The largest absolute Gasteiger partial charge is 0.528 e. The van der Waals surface area contributed by atoms with Crippen molar-refractivity contribution in [1.29, 1.82) is 0 Å². The number of aliphatic carboxylic acids is 1. The maximum Gasteiger partial charge on any atom is 0.528 e. The second-order valence-corrected chi connectivity index (χ2v) is 8.40. The number of pyridine rings is 1. The molecule has 0 radical (unpaired) electrons. The van der Waals surface area contributed by atoms with E-state index in [1.807, 2.05) is 26.0 Å². The number of hydrogen-bond acceptors (Lipinski definition) is 7. The number of hydrogen-bond donors (Lipinski definition) is 1. The number of carboxylic acid groups (broad SMARTS) is 1. The highest BCUT2D eigenvalue weighted by Gasteiger charge is 2.27. The Balaban J connectivity index is 1.56. The van der Waals surface area contributed by atoms with E-state index in [9.17, 15) is 19.1 Å². The van der Waals surface area contributed by atoms with Gasteiger partial charge in [-0.2, -0.15) is 0 Å². The minimum absolute atomic E-state index is 0.0289. The lowest BCUT2D eigenvalue weighted by atomic mass is 9.90. The van der Waals surface area contributed by atoms with Crippen molar-refractivity contribution in [1.82, 2.24) is 10.0 Å². The van der Waals surface area contributed by atoms with Crippen molar-refractivity contribution in [2.75, 3.05) is 13.2 Å². The van der Waals surface area contributed by atoms with Gasteiger partial charge in [0.05, 0.1) is 25.3 Å². The molecule has 36 heavy (non-hydrogen) atoms. The summed E-state index contributed by atoms with van der Waals surface area (Å²) in [4.78, 5) is 33.3. The Kier molecular flexibility index (Phi) is 7.80. The maximum atomic E-state index is 14.7. The molecule has 0 saturated heterocycles. The van der Waals surface area contributed by atoms with Crippen LogP contribution in [0.1, 0.15) is 35.0 Å². The number of ether oxygens (including phenoxy) is 2. The fourth-order valence-electron chi connectivity index (χ4n) is 4.24. The molecule has 2 aromatic carbocycles. The lowest BCUT2D eigenvalue weighted by Crippen LogP contribution is -2.34. The number of rotatable bonds is 8. The molecule has 1 N–H and O–H groups in total. The van der Waals surface area contributed by atoms with E-state index in [0.717, 1.165) is 5.69 Å². The molecule has 0 amide bonds. The van der Waals surface area contributed by atoms with Crippen LogP contribution < -0.4 is 4.74 Å². The summed E-state index contributed by atoms with van der Waals surface area (Å²) in [6.07, 6.45) is -0.710. The summed E-state index contributed by atoms with van der Waals surface area (Å²) in [5.74, 6) is -0.741. The second kappa shape index (κ2) is 11.2. The molecule has 0 aliphatic carbocycles. The van der Waals surface area contributed by atoms with E-state index in [1.165, 1.54) is 11.1 Å². The summed E-state index contributed by atoms with van der Waals surface area (Å²) in [5.41, 5.74) is 4.51. The molecule has 1 aliphatic heterocycles. The SMILES string of the molecule is CCOc1ccc(CC(=O)O)cc1-c1ccc(F)c2c1CN(OC(=O)OCc1cccc(C)n1)CC2. The van der Waals surface area contributed by atoms with Gasteiger partial charge in [-0.05, 0) is 72.9 Å². The standard InChI is InChI=1S/C27H27FN2O6/c1-3-34-25-10-7-18(14-26(31)32)13-22(25)20-8-9-24(28)21-11-12-30(15-23(20)21)36-27(33)35-16-19-6-4-5-17(2)29-19/h4-10,13H,3,11-12,14-16H2,1-2H3,(H,31,32). The molecule has 4 rings (SSSR count). The number of carbonyl (C=O) groups is 2. The second-order valence-electron chi connectivity index (χ2n) is 8.40. The highest BCUT2D eigenvalue weighted by atomic mass is 19.1. The summed E-state index contributed by atoms with van der Waals surface area (Å²) < 4.78 is 25.7. The molecule has 9 heteroatoms. The first kappa shape index (κ1) is 25.1. The van der Waals surface area contributed by atoms with Crippen LogP contribution in [0, 0.1) is 12.7 Å². The van der Waals surface area contributed by atoms with Crippen LogP contribution >= 0.6 is 0 Å². The number of aryl methyl sites for hydroxylation is 1. The molecule has 2 heterocycles. The van der Waals surface area contributed by atoms with E-state index in [1.54, 1.807) is 30.3 Å². The molecule has 0 saturated carbocycles. The first-order chi connectivity index (χ1) is 17.3. The van der Waals surface area contributed by atoms with Gasteiger partial charge in [0.1, 0.15) is 18.2 Å². The van der Waals surface area contributed by atoms with E-state index in [-0.39, 0.29) is 25.4 Å². The van der Waals surface area contributed by atoms with Crippen LogP contribution in [0.15, 0.2) is 48.5 Å². The van der Waals surface area contributed by atoms with Crippen molar-refractivity contribution in [3.05, 3.63) is 82.4 Å². The third kappa shape index (κ3) is 5.98. The van der Waals surface area contributed by atoms with Crippen molar-refractivity contribution in [3.63, 3.8) is 0 Å². The molecular weight excluding hydrogens is 467 g/mol. The van der Waals surface area contributed by atoms with E-state index < -0.39 is 12.1 Å². The first-order valence-electron chi connectivity index (χ1n) is 11.6. The zero-order valence-corrected chi connectivity index (χ0v) is 20.1. The Morgan fingerprint density at radius 2 is 1.94 bits per heavy atom. The monoisotopic (exact) mass is 494 g/mol. The zero-order valence-electron chi connectivity index (χ0n) is 20.1. The van der Waals surface area contributed by atoms with Crippen LogP contribution in [-0.2, 0) is 40.4 Å². The van der Waals surface area contributed by atoms with Gasteiger partial charge in [-0.25, -0.2) is 9.18 Å². The molecule has 8 nitrogen and oxygen atoms in total. The van der Waals surface area contributed by atoms with Crippen molar-refractivity contribution in [2.24, 2.45) is 0 Å². The normalized spacial score (nSPS) is 13.1. The minimum atomic E-state index is -0.954. The summed E-state index contributed by atoms with van der Waals surface area (Å²) >= 11 is 0. The summed E-state index contributed by atoms with van der Waals surface area (Å²) in [6.45, 7) is 4.50. The number of nitrogens with zero attached hydrogens (tertiary/aromatic N) is 2. The Morgan fingerprint density at radius 1 is 1.11 bits per heavy atom. The van der Waals surface area contributed by atoms with Crippen molar-refractivity contribution in [3.8, 4) is 16.9 Å². The third-order valence-corrected chi connectivity index (χ3v) is 5.80. The number of fused-ring (bicyclic) bond motifs is 1. The Labute approximate surface area is 208 Å². The van der Waals surface area contributed by atoms with Gasteiger partial charge in [0.25, 0.3) is 0 Å². The Hall–Kier alpha value is -3.98. The van der Waals surface area contributed by atoms with E-state index in [2.05, 4.69) is 4.98 Å². The summed E-state index contributed by atoms with van der Waals surface area (Å²) in [6, 6.07) is 13.6. The smallest absolute Gasteiger partial charge is 0.493 e. The van der Waals surface area contributed by atoms with Crippen LogP contribution in [0.4, 0.5) is 9.18 Å². The first-order valence-corrected chi connectivity index (χ1v) is 11.6. The molecule has 0 atom stereocenters. The van der Waals surface area contributed by atoms with Gasteiger partial charge in [-0.1, -0.05) is 18.2 Å². The fraction of sp³-hybridized carbons (Fsp3) is 0.296. The minimum Gasteiger partial charge on any atom is -0.493 e. The van der Waals surface area contributed by atoms with Gasteiger partial charge in [-0.15, -0.1) is 5.06 Å². The van der Waals surface area contributed by atoms with Crippen LogP contribution in [0.5, 0.6) is 5.75 Å². The van der Waals surface area contributed by atoms with Gasteiger partial charge >= 0.3 is 12.1 Å². The van der Waals surface area contributed by atoms with Gasteiger partial charge in [0.15, 0.2) is 0 Å². The van der Waals surface area contributed by atoms with Crippen molar-refractivity contribution in [2.45, 2.75) is 39.8 Å². The lowest BCUT2D eigenvalue weighted by molar-refractivity contribution is -0.139. The number of benzene rings is 2. The number of halogens is 1. The number of hydroxylamine groups is 2. The molecular formula is C27H27FN2O6. The van der Waals surface area contributed by atoms with Crippen molar-refractivity contribution >= 4 is 12.1 Å². The molecule has 1 aliphatic rings. The topological polar surface area (TPSA) is 98.2 Å². The predicted molar refractivity (Wildman–Crippen MR) is 129 cm³/mol. The Bertz CT molecular complexity index is 1280. The lowest BCUT2D eigenvalue weighted by Gasteiger charge is -2.29. The maximum absolute atomic E-state index is 14.7. The molecule has 0 fully saturated rings. The molecule has 0 spiro atoms. The van der Waals surface area contributed by atoms with Crippen LogP contribution in [0.25, 0.3) is 11.1 Å². The highest BCUT2D eigenvalue weighted by molar-refractivity contribution is 5.77. The number of aromatic nitrogens is 1. The molecule has 3 aromatic rings. The van der Waals surface area contributed by atoms with Crippen LogP contribution in [-0.4, -0.2) is 40.4 Å².